The maximum atomic E-state index is 6.26. The van der Waals surface area contributed by atoms with Gasteiger partial charge in [-0.3, -0.25) is 4.68 Å². The van der Waals surface area contributed by atoms with Gasteiger partial charge in [0.25, 0.3) is 0 Å². The highest BCUT2D eigenvalue weighted by molar-refractivity contribution is 7.05. The molecule has 0 radical (unpaired) electrons. The lowest BCUT2D eigenvalue weighted by atomic mass is 9.89. The van der Waals surface area contributed by atoms with Crippen LogP contribution in [0, 0.1) is 0 Å². The highest BCUT2D eigenvalue weighted by atomic mass is 32.1. The van der Waals surface area contributed by atoms with Crippen LogP contribution in [0.25, 0.3) is 0 Å². The lowest BCUT2D eigenvalue weighted by molar-refractivity contribution is 0.549. The largest absolute Gasteiger partial charge is 0.323 e. The summed E-state index contributed by atoms with van der Waals surface area (Å²) < 4.78 is 5.83. The molecule has 98 valence electrons. The summed E-state index contributed by atoms with van der Waals surface area (Å²) in [6.07, 6.45) is 2.64. The molecule has 2 aromatic heterocycles. The molecule has 0 spiro atoms. The topological polar surface area (TPSA) is 69.6 Å². The van der Waals surface area contributed by atoms with Gasteiger partial charge >= 0.3 is 0 Å². The molecule has 1 unspecified atom stereocenters. The fourth-order valence-electron chi connectivity index (χ4n) is 1.85. The zero-order chi connectivity index (χ0) is 13.3. The number of hydrogen-bond donors (Lipinski definition) is 1. The third kappa shape index (κ3) is 2.76. The van der Waals surface area contributed by atoms with Gasteiger partial charge in [-0.05, 0) is 17.6 Å². The van der Waals surface area contributed by atoms with E-state index in [9.17, 15) is 0 Å². The smallest absolute Gasteiger partial charge is 0.0857 e. The first-order chi connectivity index (χ1) is 8.38. The molecule has 18 heavy (non-hydrogen) atoms. The monoisotopic (exact) mass is 265 g/mol. The van der Waals surface area contributed by atoms with E-state index in [-0.39, 0.29) is 11.5 Å². The SMILES string of the molecule is Cn1ccc(CC(N)c2snnc2C(C)(C)C)n1. The van der Waals surface area contributed by atoms with E-state index < -0.39 is 0 Å². The van der Waals surface area contributed by atoms with Crippen molar-refractivity contribution in [3.63, 3.8) is 0 Å². The van der Waals surface area contributed by atoms with E-state index in [2.05, 4.69) is 35.5 Å². The van der Waals surface area contributed by atoms with Gasteiger partial charge in [0, 0.05) is 31.1 Å². The van der Waals surface area contributed by atoms with E-state index in [4.69, 9.17) is 5.73 Å². The molecule has 0 aliphatic heterocycles. The lowest BCUT2D eigenvalue weighted by Crippen LogP contribution is -2.20. The van der Waals surface area contributed by atoms with Gasteiger partial charge < -0.3 is 5.73 Å². The summed E-state index contributed by atoms with van der Waals surface area (Å²) in [4.78, 5) is 1.06. The first-order valence-electron chi connectivity index (χ1n) is 5.95. The van der Waals surface area contributed by atoms with Gasteiger partial charge in [-0.25, -0.2) is 0 Å². The van der Waals surface area contributed by atoms with Crippen molar-refractivity contribution in [3.05, 3.63) is 28.5 Å². The highest BCUT2D eigenvalue weighted by Gasteiger charge is 2.25. The number of nitrogens with zero attached hydrogens (tertiary/aromatic N) is 4. The molecule has 0 fully saturated rings. The third-order valence-corrected chi connectivity index (χ3v) is 3.61. The first kappa shape index (κ1) is 13.2. The van der Waals surface area contributed by atoms with Crippen LogP contribution in [-0.2, 0) is 18.9 Å². The Kier molecular flexibility index (Phi) is 3.49. The summed E-state index contributed by atoms with van der Waals surface area (Å²) in [5, 5.41) is 8.57. The molecule has 0 aliphatic rings. The van der Waals surface area contributed by atoms with Crippen LogP contribution >= 0.6 is 11.5 Å². The van der Waals surface area contributed by atoms with Gasteiger partial charge in [-0.2, -0.15) is 5.10 Å². The second-order valence-electron chi connectivity index (χ2n) is 5.53. The number of nitrogens with two attached hydrogens (primary N) is 1. The second-order valence-corrected chi connectivity index (χ2v) is 6.31. The van der Waals surface area contributed by atoms with Crippen molar-refractivity contribution in [2.45, 2.75) is 38.6 Å². The minimum absolute atomic E-state index is 0.0237. The van der Waals surface area contributed by atoms with Crippen LogP contribution < -0.4 is 5.73 Å². The van der Waals surface area contributed by atoms with Gasteiger partial charge in [0.05, 0.1) is 16.3 Å². The molecule has 5 nitrogen and oxygen atoms in total. The molecule has 0 bridgehead atoms. The van der Waals surface area contributed by atoms with Crippen molar-refractivity contribution in [1.82, 2.24) is 19.4 Å². The predicted molar refractivity (Wildman–Crippen MR) is 72.4 cm³/mol. The molecule has 0 aromatic carbocycles. The minimum Gasteiger partial charge on any atom is -0.323 e. The van der Waals surface area contributed by atoms with Crippen molar-refractivity contribution in [3.8, 4) is 0 Å². The molecule has 0 amide bonds. The van der Waals surface area contributed by atoms with Crippen LogP contribution in [0.1, 0.15) is 43.1 Å². The fourth-order valence-corrected chi connectivity index (χ4v) is 2.71. The molecular formula is C12H19N5S. The van der Waals surface area contributed by atoms with Crippen LogP contribution in [0.5, 0.6) is 0 Å². The van der Waals surface area contributed by atoms with Gasteiger partial charge in [0.15, 0.2) is 0 Å². The Morgan fingerprint density at radius 1 is 1.44 bits per heavy atom. The predicted octanol–water partition coefficient (Wildman–Crippen LogP) is 1.81. The maximum Gasteiger partial charge on any atom is 0.0857 e. The van der Waals surface area contributed by atoms with E-state index >= 15 is 0 Å². The Morgan fingerprint density at radius 3 is 2.72 bits per heavy atom. The average molecular weight is 265 g/mol. The van der Waals surface area contributed by atoms with Gasteiger partial charge in [-0.15, -0.1) is 5.10 Å². The minimum atomic E-state index is -0.0888. The van der Waals surface area contributed by atoms with Crippen LogP contribution in [0.15, 0.2) is 12.3 Å². The quantitative estimate of drug-likeness (QED) is 0.919. The summed E-state index contributed by atoms with van der Waals surface area (Å²) >= 11 is 1.39. The third-order valence-electron chi connectivity index (χ3n) is 2.76. The van der Waals surface area contributed by atoms with E-state index in [0.717, 1.165) is 16.3 Å². The first-order valence-corrected chi connectivity index (χ1v) is 6.72. The molecule has 0 aliphatic carbocycles. The Hall–Kier alpha value is -1.27. The van der Waals surface area contributed by atoms with Crippen LogP contribution in [0.2, 0.25) is 0 Å². The fraction of sp³-hybridized carbons (Fsp3) is 0.583. The number of aryl methyl sites for hydroxylation is 1. The molecule has 6 heteroatoms. The Morgan fingerprint density at radius 2 is 2.17 bits per heavy atom. The second kappa shape index (κ2) is 4.78. The molecular weight excluding hydrogens is 246 g/mol. The van der Waals surface area contributed by atoms with Crippen molar-refractivity contribution < 1.29 is 0 Å². The van der Waals surface area contributed by atoms with Crippen molar-refractivity contribution in [1.29, 1.82) is 0 Å². The molecule has 2 rings (SSSR count). The standard InChI is InChI=1S/C12H19N5S/c1-12(2,3)11-10(18-16-14-11)9(13)7-8-5-6-17(4)15-8/h5-6,9H,7,13H2,1-4H3. The van der Waals surface area contributed by atoms with E-state index in [1.165, 1.54) is 11.5 Å². The van der Waals surface area contributed by atoms with Crippen LogP contribution in [-0.4, -0.2) is 19.4 Å². The molecule has 1 atom stereocenters. The van der Waals surface area contributed by atoms with Crippen LogP contribution in [0.3, 0.4) is 0 Å². The Balaban J connectivity index is 2.19. The average Bonchev–Trinajstić information content (AvgIpc) is 2.85. The van der Waals surface area contributed by atoms with E-state index in [1.54, 1.807) is 4.68 Å². The van der Waals surface area contributed by atoms with E-state index in [0.29, 0.717) is 6.42 Å². The van der Waals surface area contributed by atoms with Gasteiger partial charge in [-0.1, -0.05) is 25.3 Å². The molecule has 0 saturated heterocycles. The number of rotatable bonds is 3. The Bertz CT molecular complexity index is 523. The van der Waals surface area contributed by atoms with Gasteiger partial charge in [0.1, 0.15) is 0 Å². The van der Waals surface area contributed by atoms with Crippen LogP contribution in [0.4, 0.5) is 0 Å². The summed E-state index contributed by atoms with van der Waals surface area (Å²) in [7, 11) is 1.91. The lowest BCUT2D eigenvalue weighted by Gasteiger charge is -2.19. The molecule has 2 N–H and O–H groups in total. The number of hydrogen-bond acceptors (Lipinski definition) is 5. The highest BCUT2D eigenvalue weighted by Crippen LogP contribution is 2.30. The summed E-state index contributed by atoms with van der Waals surface area (Å²) in [5.74, 6) is 0. The van der Waals surface area contributed by atoms with E-state index in [1.807, 2.05) is 19.3 Å². The normalized spacial score (nSPS) is 13.8. The number of aromatic nitrogens is 4. The zero-order valence-electron chi connectivity index (χ0n) is 11.2. The van der Waals surface area contributed by atoms with Crippen molar-refractivity contribution in [2.24, 2.45) is 12.8 Å². The summed E-state index contributed by atoms with van der Waals surface area (Å²) in [6.45, 7) is 6.38. The van der Waals surface area contributed by atoms with Crippen molar-refractivity contribution >= 4 is 11.5 Å². The zero-order valence-corrected chi connectivity index (χ0v) is 12.0. The molecule has 2 aromatic rings. The molecule has 2 heterocycles. The van der Waals surface area contributed by atoms with Gasteiger partial charge in [0.2, 0.25) is 0 Å². The Labute approximate surface area is 111 Å². The van der Waals surface area contributed by atoms with Crippen molar-refractivity contribution in [2.75, 3.05) is 0 Å². The maximum absolute atomic E-state index is 6.26. The molecule has 0 saturated carbocycles. The summed E-state index contributed by atoms with van der Waals surface area (Å²) in [6, 6.07) is 1.90. The summed E-state index contributed by atoms with van der Waals surface area (Å²) in [5.41, 5.74) is 8.23.